The molecule has 0 aromatic heterocycles. The molecule has 2 aromatic rings. The van der Waals surface area contributed by atoms with Gasteiger partial charge in [0.15, 0.2) is 0 Å². The maximum absolute atomic E-state index is 12.4. The monoisotopic (exact) mass is 287 g/mol. The quantitative estimate of drug-likeness (QED) is 0.811. The highest BCUT2D eigenvalue weighted by Gasteiger charge is 2.44. The summed E-state index contributed by atoms with van der Waals surface area (Å²) in [5.41, 5.74) is 2.25. The van der Waals surface area contributed by atoms with Gasteiger partial charge in [-0.2, -0.15) is 4.31 Å². The third kappa shape index (κ3) is 2.62. The third-order valence-electron chi connectivity index (χ3n) is 3.61. The van der Waals surface area contributed by atoms with E-state index in [4.69, 9.17) is 0 Å². The average Bonchev–Trinajstić information content (AvgIpc) is 3.20. The Balaban J connectivity index is 1.73. The molecule has 1 unspecified atom stereocenters. The molecule has 1 fully saturated rings. The van der Waals surface area contributed by atoms with E-state index < -0.39 is 10.0 Å². The summed E-state index contributed by atoms with van der Waals surface area (Å²) in [6.45, 7) is 2.57. The molecule has 1 heterocycles. The van der Waals surface area contributed by atoms with Crippen LogP contribution in [0.4, 0.5) is 0 Å². The second kappa shape index (κ2) is 5.04. The van der Waals surface area contributed by atoms with Crippen molar-refractivity contribution in [3.63, 3.8) is 0 Å². The van der Waals surface area contributed by atoms with Gasteiger partial charge in [-0.3, -0.25) is 0 Å². The van der Waals surface area contributed by atoms with E-state index in [1.807, 2.05) is 49.4 Å². The summed E-state index contributed by atoms with van der Waals surface area (Å²) in [4.78, 5) is 0.388. The fraction of sp³-hybridized carbons (Fsp3) is 0.250. The molecule has 0 bridgehead atoms. The van der Waals surface area contributed by atoms with Crippen molar-refractivity contribution in [3.8, 4) is 0 Å². The van der Waals surface area contributed by atoms with Gasteiger partial charge in [0.2, 0.25) is 10.0 Å². The highest BCUT2D eigenvalue weighted by Crippen LogP contribution is 2.30. The Labute approximate surface area is 119 Å². The van der Waals surface area contributed by atoms with Gasteiger partial charge in [-0.1, -0.05) is 48.0 Å². The predicted octanol–water partition coefficient (Wildman–Crippen LogP) is 2.61. The summed E-state index contributed by atoms with van der Waals surface area (Å²) < 4.78 is 26.4. The molecule has 1 aliphatic heterocycles. The predicted molar refractivity (Wildman–Crippen MR) is 79.0 cm³/mol. The minimum atomic E-state index is -3.32. The van der Waals surface area contributed by atoms with Gasteiger partial charge < -0.3 is 0 Å². The van der Waals surface area contributed by atoms with Crippen molar-refractivity contribution in [1.29, 1.82) is 0 Å². The highest BCUT2D eigenvalue weighted by atomic mass is 32.2. The molecule has 0 aliphatic carbocycles. The molecular weight excluding hydrogens is 270 g/mol. The first kappa shape index (κ1) is 13.3. The Kier molecular flexibility index (Phi) is 3.36. The smallest absolute Gasteiger partial charge is 0.207 e. The standard InChI is InChI=1S/C16H17NO2S/c1-13-7-9-16(10-8-13)20(18,19)17-12-15(17)11-14-5-3-2-4-6-14/h2-10,15H,11-12H2,1H3/t15-,17?/m0/s1. The number of benzene rings is 2. The van der Waals surface area contributed by atoms with Crippen LogP contribution in [0.3, 0.4) is 0 Å². The molecular formula is C16H17NO2S. The van der Waals surface area contributed by atoms with Crippen LogP contribution in [0.2, 0.25) is 0 Å². The summed E-state index contributed by atoms with van der Waals surface area (Å²) in [6.07, 6.45) is 0.784. The van der Waals surface area contributed by atoms with Crippen LogP contribution >= 0.6 is 0 Å². The van der Waals surface area contributed by atoms with Crippen LogP contribution in [0.25, 0.3) is 0 Å². The molecule has 1 aliphatic rings. The number of sulfonamides is 1. The Morgan fingerprint density at radius 1 is 1.05 bits per heavy atom. The normalized spacial score (nSPS) is 21.6. The first-order valence-electron chi connectivity index (χ1n) is 6.70. The Hall–Kier alpha value is -1.65. The van der Waals surface area contributed by atoms with Gasteiger partial charge in [-0.25, -0.2) is 8.42 Å². The summed E-state index contributed by atoms with van der Waals surface area (Å²) in [7, 11) is -3.32. The Morgan fingerprint density at radius 2 is 1.70 bits per heavy atom. The van der Waals surface area contributed by atoms with E-state index in [1.165, 1.54) is 5.56 Å². The maximum atomic E-state index is 12.4. The van der Waals surface area contributed by atoms with Crippen LogP contribution < -0.4 is 0 Å². The van der Waals surface area contributed by atoms with Gasteiger partial charge in [-0.15, -0.1) is 0 Å². The summed E-state index contributed by atoms with van der Waals surface area (Å²) in [6, 6.07) is 17.1. The molecule has 104 valence electrons. The zero-order valence-corrected chi connectivity index (χ0v) is 12.2. The molecule has 3 rings (SSSR count). The van der Waals surface area contributed by atoms with Crippen molar-refractivity contribution in [1.82, 2.24) is 4.31 Å². The lowest BCUT2D eigenvalue weighted by Crippen LogP contribution is -2.15. The second-order valence-electron chi connectivity index (χ2n) is 5.23. The van der Waals surface area contributed by atoms with Crippen molar-refractivity contribution in [3.05, 3.63) is 65.7 Å². The molecule has 3 nitrogen and oxygen atoms in total. The molecule has 0 N–H and O–H groups in total. The first-order chi connectivity index (χ1) is 9.57. The van der Waals surface area contributed by atoms with Gasteiger partial charge in [-0.05, 0) is 31.0 Å². The number of nitrogens with zero attached hydrogens (tertiary/aromatic N) is 1. The summed E-state index contributed by atoms with van der Waals surface area (Å²) >= 11 is 0. The zero-order chi connectivity index (χ0) is 14.2. The van der Waals surface area contributed by atoms with Gasteiger partial charge >= 0.3 is 0 Å². The SMILES string of the molecule is Cc1ccc(S(=O)(=O)N2C[C@@H]2Cc2ccccc2)cc1. The van der Waals surface area contributed by atoms with Crippen molar-refractivity contribution in [2.45, 2.75) is 24.3 Å². The van der Waals surface area contributed by atoms with Crippen molar-refractivity contribution < 1.29 is 8.42 Å². The molecule has 2 aromatic carbocycles. The second-order valence-corrected chi connectivity index (χ2v) is 7.12. The lowest BCUT2D eigenvalue weighted by molar-refractivity contribution is 0.551. The van der Waals surface area contributed by atoms with Crippen molar-refractivity contribution in [2.24, 2.45) is 0 Å². The molecule has 1 saturated heterocycles. The summed E-state index contributed by atoms with van der Waals surface area (Å²) in [5, 5.41) is 0. The zero-order valence-electron chi connectivity index (χ0n) is 11.4. The first-order valence-corrected chi connectivity index (χ1v) is 8.14. The van der Waals surface area contributed by atoms with Crippen LogP contribution in [0.15, 0.2) is 59.5 Å². The van der Waals surface area contributed by atoms with Gasteiger partial charge in [0.25, 0.3) is 0 Å². The fourth-order valence-corrected chi connectivity index (χ4v) is 3.94. The average molecular weight is 287 g/mol. The molecule has 2 atom stereocenters. The number of hydrogen-bond donors (Lipinski definition) is 0. The number of aryl methyl sites for hydroxylation is 1. The maximum Gasteiger partial charge on any atom is 0.243 e. The Morgan fingerprint density at radius 3 is 2.35 bits per heavy atom. The van der Waals surface area contributed by atoms with E-state index in [0.29, 0.717) is 11.4 Å². The topological polar surface area (TPSA) is 37.1 Å². The fourth-order valence-electron chi connectivity index (χ4n) is 2.35. The van der Waals surface area contributed by atoms with Gasteiger partial charge in [0.1, 0.15) is 0 Å². The van der Waals surface area contributed by atoms with Crippen LogP contribution in [0, 0.1) is 6.92 Å². The molecule has 0 amide bonds. The minimum Gasteiger partial charge on any atom is -0.207 e. The van der Waals surface area contributed by atoms with Crippen LogP contribution in [0.5, 0.6) is 0 Å². The van der Waals surface area contributed by atoms with E-state index in [-0.39, 0.29) is 6.04 Å². The van der Waals surface area contributed by atoms with E-state index in [0.717, 1.165) is 12.0 Å². The number of hydrogen-bond acceptors (Lipinski definition) is 2. The van der Waals surface area contributed by atoms with Crippen LogP contribution in [0.1, 0.15) is 11.1 Å². The molecule has 0 saturated carbocycles. The molecule has 0 spiro atoms. The van der Waals surface area contributed by atoms with E-state index in [9.17, 15) is 8.42 Å². The summed E-state index contributed by atoms with van der Waals surface area (Å²) in [5.74, 6) is 0. The van der Waals surface area contributed by atoms with Gasteiger partial charge in [0, 0.05) is 12.6 Å². The van der Waals surface area contributed by atoms with Gasteiger partial charge in [0.05, 0.1) is 4.90 Å². The highest BCUT2D eigenvalue weighted by molar-refractivity contribution is 7.89. The molecule has 20 heavy (non-hydrogen) atoms. The molecule has 4 heteroatoms. The van der Waals surface area contributed by atoms with E-state index in [2.05, 4.69) is 0 Å². The van der Waals surface area contributed by atoms with Crippen molar-refractivity contribution in [2.75, 3.05) is 6.54 Å². The molecule has 0 radical (unpaired) electrons. The largest absolute Gasteiger partial charge is 0.243 e. The number of rotatable bonds is 4. The van der Waals surface area contributed by atoms with Crippen LogP contribution in [-0.4, -0.2) is 25.3 Å². The Bertz CT molecular complexity index is 693. The van der Waals surface area contributed by atoms with Crippen LogP contribution in [-0.2, 0) is 16.4 Å². The van der Waals surface area contributed by atoms with E-state index in [1.54, 1.807) is 16.4 Å². The lowest BCUT2D eigenvalue weighted by Gasteiger charge is -2.07. The van der Waals surface area contributed by atoms with Crippen molar-refractivity contribution >= 4 is 10.0 Å². The lowest BCUT2D eigenvalue weighted by atomic mass is 10.1. The third-order valence-corrected chi connectivity index (χ3v) is 5.54. The van der Waals surface area contributed by atoms with E-state index >= 15 is 0 Å². The minimum absolute atomic E-state index is 0.101.